The van der Waals surface area contributed by atoms with Crippen molar-refractivity contribution in [2.45, 2.75) is 12.1 Å². The van der Waals surface area contributed by atoms with Crippen molar-refractivity contribution in [2.75, 3.05) is 10.6 Å². The van der Waals surface area contributed by atoms with Crippen LogP contribution >= 0.6 is 0 Å². The smallest absolute Gasteiger partial charge is 0.0925 e. The molecule has 118 valence electrons. The van der Waals surface area contributed by atoms with Gasteiger partial charge < -0.3 is 10.6 Å². The van der Waals surface area contributed by atoms with Crippen molar-refractivity contribution in [3.8, 4) is 0 Å². The molecule has 0 amide bonds. The summed E-state index contributed by atoms with van der Waals surface area (Å²) in [5, 5.41) is 7.13. The van der Waals surface area contributed by atoms with E-state index < -0.39 is 0 Å². The molecule has 3 aromatic carbocycles. The Hall–Kier alpha value is -3.07. The van der Waals surface area contributed by atoms with Crippen molar-refractivity contribution in [2.24, 2.45) is 4.99 Å². The lowest BCUT2D eigenvalue weighted by Gasteiger charge is -2.06. The second-order valence-corrected chi connectivity index (χ2v) is 5.85. The van der Waals surface area contributed by atoms with Crippen LogP contribution in [-0.2, 0) is 0 Å². The maximum absolute atomic E-state index is 4.82. The van der Waals surface area contributed by atoms with E-state index in [2.05, 4.69) is 34.9 Å². The van der Waals surface area contributed by atoms with E-state index in [-0.39, 0.29) is 12.1 Å². The van der Waals surface area contributed by atoms with Gasteiger partial charge in [0.15, 0.2) is 0 Å². The molecule has 3 aromatic rings. The third kappa shape index (κ3) is 3.30. The molecule has 0 aliphatic heterocycles. The first kappa shape index (κ1) is 14.5. The standard InChI is InChI=1S/C21H19N3/c1-4-10-16(11-5-1)22-19-20(23-17-12-6-2-7-13-17)21(19)24-18-14-8-3-9-15-18/h1-15,19-20,22-23H. The molecule has 2 atom stereocenters. The minimum Gasteiger partial charge on any atom is -0.375 e. The van der Waals surface area contributed by atoms with E-state index in [1.165, 1.54) is 0 Å². The molecule has 0 aromatic heterocycles. The molecular weight excluding hydrogens is 294 g/mol. The predicted molar refractivity (Wildman–Crippen MR) is 101 cm³/mol. The number of rotatable bonds is 5. The molecule has 1 aliphatic rings. The highest BCUT2D eigenvalue weighted by Gasteiger charge is 2.46. The number of aliphatic imine (C=N–C) groups is 1. The van der Waals surface area contributed by atoms with Crippen LogP contribution in [0, 0.1) is 0 Å². The molecule has 2 unspecified atom stereocenters. The summed E-state index contributed by atoms with van der Waals surface area (Å²) in [6.45, 7) is 0. The quantitative estimate of drug-likeness (QED) is 0.714. The third-order valence-corrected chi connectivity index (χ3v) is 4.07. The first-order chi connectivity index (χ1) is 11.9. The van der Waals surface area contributed by atoms with Gasteiger partial charge in [0.2, 0.25) is 0 Å². The number of hydrogen-bond donors (Lipinski definition) is 2. The van der Waals surface area contributed by atoms with Crippen molar-refractivity contribution in [3.63, 3.8) is 0 Å². The van der Waals surface area contributed by atoms with Gasteiger partial charge in [-0.3, -0.25) is 4.99 Å². The van der Waals surface area contributed by atoms with Crippen molar-refractivity contribution < 1.29 is 0 Å². The lowest BCUT2D eigenvalue weighted by Crippen LogP contribution is -2.13. The second-order valence-electron chi connectivity index (χ2n) is 5.85. The maximum atomic E-state index is 4.82. The average molecular weight is 313 g/mol. The van der Waals surface area contributed by atoms with Gasteiger partial charge in [-0.05, 0) is 36.4 Å². The van der Waals surface area contributed by atoms with E-state index in [9.17, 15) is 0 Å². The Bertz CT molecular complexity index is 764. The second kappa shape index (κ2) is 6.59. The van der Waals surface area contributed by atoms with Crippen molar-refractivity contribution in [1.82, 2.24) is 0 Å². The molecule has 4 rings (SSSR count). The van der Waals surface area contributed by atoms with Gasteiger partial charge in [-0.1, -0.05) is 54.6 Å². The van der Waals surface area contributed by atoms with E-state index >= 15 is 0 Å². The Morgan fingerprint density at radius 2 is 0.958 bits per heavy atom. The Balaban J connectivity index is 1.56. The molecule has 2 N–H and O–H groups in total. The summed E-state index contributed by atoms with van der Waals surface area (Å²) < 4.78 is 0. The normalized spacial score (nSPS) is 18.8. The summed E-state index contributed by atoms with van der Waals surface area (Å²) in [6.07, 6.45) is 0. The van der Waals surface area contributed by atoms with Crippen LogP contribution in [0.15, 0.2) is 96.0 Å². The van der Waals surface area contributed by atoms with Crippen LogP contribution in [0.3, 0.4) is 0 Å². The van der Waals surface area contributed by atoms with Crippen LogP contribution in [0.25, 0.3) is 0 Å². The molecule has 0 spiro atoms. The summed E-state index contributed by atoms with van der Waals surface area (Å²) in [6, 6.07) is 31.0. The Labute approximate surface area is 142 Å². The summed E-state index contributed by atoms with van der Waals surface area (Å²) in [5.74, 6) is 0. The van der Waals surface area contributed by atoms with Gasteiger partial charge in [-0.25, -0.2) is 0 Å². The van der Waals surface area contributed by atoms with Gasteiger partial charge in [-0.2, -0.15) is 0 Å². The fourth-order valence-electron chi connectivity index (χ4n) is 2.78. The number of para-hydroxylation sites is 3. The summed E-state index contributed by atoms with van der Waals surface area (Å²) >= 11 is 0. The Morgan fingerprint density at radius 3 is 1.42 bits per heavy atom. The van der Waals surface area contributed by atoms with Crippen molar-refractivity contribution in [1.29, 1.82) is 0 Å². The molecule has 24 heavy (non-hydrogen) atoms. The van der Waals surface area contributed by atoms with Gasteiger partial charge in [0, 0.05) is 11.4 Å². The molecule has 3 heteroatoms. The van der Waals surface area contributed by atoms with Crippen molar-refractivity contribution >= 4 is 22.8 Å². The number of anilines is 2. The highest BCUT2D eigenvalue weighted by molar-refractivity contribution is 6.16. The number of nitrogens with one attached hydrogen (secondary N) is 2. The minimum atomic E-state index is 0.202. The zero-order valence-corrected chi connectivity index (χ0v) is 13.3. The van der Waals surface area contributed by atoms with Crippen LogP contribution < -0.4 is 10.6 Å². The van der Waals surface area contributed by atoms with Gasteiger partial charge in [0.05, 0.1) is 23.5 Å². The first-order valence-electron chi connectivity index (χ1n) is 8.17. The van der Waals surface area contributed by atoms with E-state index in [1.54, 1.807) is 0 Å². The van der Waals surface area contributed by atoms with Crippen LogP contribution in [0.5, 0.6) is 0 Å². The van der Waals surface area contributed by atoms with Gasteiger partial charge in [0.1, 0.15) is 0 Å². The zero-order chi connectivity index (χ0) is 16.2. The zero-order valence-electron chi connectivity index (χ0n) is 13.3. The maximum Gasteiger partial charge on any atom is 0.0925 e. The number of nitrogens with zero attached hydrogens (tertiary/aromatic N) is 1. The van der Waals surface area contributed by atoms with Gasteiger partial charge in [-0.15, -0.1) is 0 Å². The lowest BCUT2D eigenvalue weighted by molar-refractivity contribution is 1.07. The third-order valence-electron chi connectivity index (χ3n) is 4.07. The molecule has 1 fully saturated rings. The highest BCUT2D eigenvalue weighted by Crippen LogP contribution is 2.30. The van der Waals surface area contributed by atoms with Gasteiger partial charge >= 0.3 is 0 Å². The summed E-state index contributed by atoms with van der Waals surface area (Å²) in [4.78, 5) is 4.82. The SMILES string of the molecule is c1ccc(N=C2C(Nc3ccccc3)C2Nc2ccccc2)cc1. The number of hydrogen-bond acceptors (Lipinski definition) is 3. The number of benzene rings is 3. The lowest BCUT2D eigenvalue weighted by atomic mass is 10.3. The van der Waals surface area contributed by atoms with Crippen LogP contribution in [0.4, 0.5) is 17.1 Å². The molecule has 1 saturated carbocycles. The summed E-state index contributed by atoms with van der Waals surface area (Å²) in [7, 11) is 0. The highest BCUT2D eigenvalue weighted by atomic mass is 15.1. The fraction of sp³-hybridized carbons (Fsp3) is 0.0952. The van der Waals surface area contributed by atoms with E-state index in [4.69, 9.17) is 4.99 Å². The largest absolute Gasteiger partial charge is 0.375 e. The molecule has 1 aliphatic carbocycles. The molecule has 0 bridgehead atoms. The fourth-order valence-corrected chi connectivity index (χ4v) is 2.78. The van der Waals surface area contributed by atoms with Crippen LogP contribution in [0.1, 0.15) is 0 Å². The van der Waals surface area contributed by atoms with Crippen molar-refractivity contribution in [3.05, 3.63) is 91.0 Å². The van der Waals surface area contributed by atoms with E-state index in [0.29, 0.717) is 0 Å². The minimum absolute atomic E-state index is 0.202. The molecule has 0 radical (unpaired) electrons. The molecule has 0 saturated heterocycles. The van der Waals surface area contributed by atoms with Crippen LogP contribution in [0.2, 0.25) is 0 Å². The molecule has 3 nitrogen and oxygen atoms in total. The van der Waals surface area contributed by atoms with Gasteiger partial charge in [0.25, 0.3) is 0 Å². The van der Waals surface area contributed by atoms with E-state index in [0.717, 1.165) is 22.8 Å². The Kier molecular flexibility index (Phi) is 3.98. The topological polar surface area (TPSA) is 36.4 Å². The Morgan fingerprint density at radius 1 is 0.542 bits per heavy atom. The summed E-state index contributed by atoms with van der Waals surface area (Å²) in [5.41, 5.74) is 4.35. The monoisotopic (exact) mass is 313 g/mol. The van der Waals surface area contributed by atoms with Crippen LogP contribution in [-0.4, -0.2) is 17.8 Å². The van der Waals surface area contributed by atoms with E-state index in [1.807, 2.05) is 66.7 Å². The molecular formula is C21H19N3. The average Bonchev–Trinajstić information content (AvgIpc) is 3.27. The molecule has 0 heterocycles. The predicted octanol–water partition coefficient (Wildman–Crippen LogP) is 4.73. The first-order valence-corrected chi connectivity index (χ1v) is 8.17.